The molecule has 164 valence electrons. The molecule has 0 amide bonds. The number of pyridine rings is 1. The van der Waals surface area contributed by atoms with E-state index in [2.05, 4.69) is 76.2 Å². The molecule has 1 aromatic heterocycles. The maximum absolute atomic E-state index is 6.18. The van der Waals surface area contributed by atoms with Crippen LogP contribution in [0.1, 0.15) is 85.1 Å². The van der Waals surface area contributed by atoms with Crippen molar-refractivity contribution in [3.63, 3.8) is 0 Å². The van der Waals surface area contributed by atoms with Crippen molar-refractivity contribution in [1.82, 2.24) is 4.98 Å². The first-order chi connectivity index (χ1) is 14.4. The average molecular weight is 408 g/mol. The van der Waals surface area contributed by atoms with Crippen LogP contribution in [-0.4, -0.2) is 17.2 Å². The van der Waals surface area contributed by atoms with Gasteiger partial charge in [-0.2, -0.15) is 0 Å². The number of ether oxygens (including phenoxy) is 1. The number of nitrogens with zero attached hydrogens (tertiary/aromatic N) is 1. The van der Waals surface area contributed by atoms with E-state index in [1.165, 1.54) is 37.7 Å². The number of fused-ring (bicyclic) bond motifs is 3. The van der Waals surface area contributed by atoms with E-state index in [1.54, 1.807) is 5.57 Å². The van der Waals surface area contributed by atoms with Crippen LogP contribution in [0.5, 0.6) is 0 Å². The zero-order valence-corrected chi connectivity index (χ0v) is 19.7. The average Bonchev–Trinajstić information content (AvgIpc) is 3.10. The largest absolute Gasteiger partial charge is 0.376 e. The summed E-state index contributed by atoms with van der Waals surface area (Å²) in [5.74, 6) is 2.37. The quantitative estimate of drug-likeness (QED) is 0.437. The minimum absolute atomic E-state index is 0.309. The van der Waals surface area contributed by atoms with Gasteiger partial charge < -0.3 is 4.74 Å². The fourth-order valence-corrected chi connectivity index (χ4v) is 6.93. The Morgan fingerprint density at radius 2 is 2.00 bits per heavy atom. The van der Waals surface area contributed by atoms with Gasteiger partial charge in [-0.3, -0.25) is 4.98 Å². The summed E-state index contributed by atoms with van der Waals surface area (Å²) in [5, 5.41) is 0. The molecule has 1 saturated carbocycles. The van der Waals surface area contributed by atoms with Gasteiger partial charge in [0.2, 0.25) is 0 Å². The van der Waals surface area contributed by atoms with E-state index >= 15 is 0 Å². The predicted molar refractivity (Wildman–Crippen MR) is 126 cm³/mol. The lowest BCUT2D eigenvalue weighted by Crippen LogP contribution is -2.46. The molecule has 0 N–H and O–H groups in total. The molecule has 1 aromatic rings. The number of aromatic nitrogens is 1. The van der Waals surface area contributed by atoms with Gasteiger partial charge in [0.1, 0.15) is 0 Å². The van der Waals surface area contributed by atoms with Crippen LogP contribution in [0, 0.1) is 28.6 Å². The molecule has 2 nitrogen and oxygen atoms in total. The zero-order valence-electron chi connectivity index (χ0n) is 19.7. The van der Waals surface area contributed by atoms with Crippen molar-refractivity contribution in [2.75, 3.05) is 0 Å². The van der Waals surface area contributed by atoms with Crippen molar-refractivity contribution in [2.45, 2.75) is 91.8 Å². The first-order valence-electron chi connectivity index (χ1n) is 12.3. The van der Waals surface area contributed by atoms with E-state index in [-0.39, 0.29) is 0 Å². The van der Waals surface area contributed by atoms with Crippen molar-refractivity contribution >= 4 is 5.57 Å². The third kappa shape index (κ3) is 3.93. The van der Waals surface area contributed by atoms with Crippen LogP contribution in [0.3, 0.4) is 0 Å². The summed E-state index contributed by atoms with van der Waals surface area (Å²) in [5.41, 5.74) is 3.52. The second kappa shape index (κ2) is 8.61. The molecule has 4 rings (SSSR count). The van der Waals surface area contributed by atoms with Gasteiger partial charge >= 0.3 is 0 Å². The Labute approximate surface area is 184 Å². The van der Waals surface area contributed by atoms with Gasteiger partial charge in [-0.1, -0.05) is 45.1 Å². The Bertz CT molecular complexity index is 783. The normalized spacial score (nSPS) is 37.2. The standard InChI is InChI=1S/C28H41NO/c1-6-20(2)30-21(3)13-16-27(4)15-7-10-23-25(27)14-17-28(5)24(11-12-26(23)28)22-9-8-18-29-19-22/h7-9,11,15,18-21,23,25-26H,6,10,12-14,16-17H2,1-5H3. The fourth-order valence-electron chi connectivity index (χ4n) is 6.93. The monoisotopic (exact) mass is 407 g/mol. The number of hydrogen-bond acceptors (Lipinski definition) is 2. The molecule has 30 heavy (non-hydrogen) atoms. The summed E-state index contributed by atoms with van der Waals surface area (Å²) in [6.07, 6.45) is 20.9. The van der Waals surface area contributed by atoms with E-state index in [1.807, 2.05) is 6.20 Å². The third-order valence-corrected chi connectivity index (χ3v) is 8.87. The van der Waals surface area contributed by atoms with Crippen molar-refractivity contribution in [2.24, 2.45) is 28.6 Å². The Kier molecular flexibility index (Phi) is 6.26. The van der Waals surface area contributed by atoms with Crippen LogP contribution in [-0.2, 0) is 4.74 Å². The molecule has 1 fully saturated rings. The van der Waals surface area contributed by atoms with E-state index in [0.29, 0.717) is 23.0 Å². The van der Waals surface area contributed by atoms with Crippen molar-refractivity contribution in [3.8, 4) is 0 Å². The van der Waals surface area contributed by atoms with Crippen LogP contribution in [0.2, 0.25) is 0 Å². The Hall–Kier alpha value is -1.41. The molecular weight excluding hydrogens is 366 g/mol. The summed E-state index contributed by atoms with van der Waals surface area (Å²) >= 11 is 0. The summed E-state index contributed by atoms with van der Waals surface area (Å²) in [7, 11) is 0. The molecule has 0 radical (unpaired) electrons. The smallest absolute Gasteiger partial charge is 0.0550 e. The zero-order chi connectivity index (χ0) is 21.4. The third-order valence-electron chi connectivity index (χ3n) is 8.87. The predicted octanol–water partition coefficient (Wildman–Crippen LogP) is 7.47. The maximum atomic E-state index is 6.18. The van der Waals surface area contributed by atoms with Crippen LogP contribution < -0.4 is 0 Å². The van der Waals surface area contributed by atoms with Crippen LogP contribution in [0.4, 0.5) is 0 Å². The summed E-state index contributed by atoms with van der Waals surface area (Å²) in [6.45, 7) is 11.7. The summed E-state index contributed by atoms with van der Waals surface area (Å²) in [4.78, 5) is 4.41. The lowest BCUT2D eigenvalue weighted by Gasteiger charge is -2.54. The minimum atomic E-state index is 0.309. The molecule has 7 unspecified atom stereocenters. The molecule has 0 saturated heterocycles. The number of allylic oxidation sites excluding steroid dienone is 4. The molecule has 0 aliphatic heterocycles. The summed E-state index contributed by atoms with van der Waals surface area (Å²) in [6, 6.07) is 4.34. The lowest BCUT2D eigenvalue weighted by molar-refractivity contribution is -0.0232. The van der Waals surface area contributed by atoms with E-state index < -0.39 is 0 Å². The second-order valence-corrected chi connectivity index (χ2v) is 10.8. The molecule has 3 aliphatic carbocycles. The molecule has 2 heteroatoms. The first-order valence-corrected chi connectivity index (χ1v) is 12.3. The second-order valence-electron chi connectivity index (χ2n) is 10.8. The van der Waals surface area contributed by atoms with Gasteiger partial charge in [0.15, 0.2) is 0 Å². The van der Waals surface area contributed by atoms with Gasteiger partial charge in [0, 0.05) is 12.4 Å². The Morgan fingerprint density at radius 3 is 2.73 bits per heavy atom. The number of hydrogen-bond donors (Lipinski definition) is 0. The van der Waals surface area contributed by atoms with E-state index in [9.17, 15) is 0 Å². The summed E-state index contributed by atoms with van der Waals surface area (Å²) < 4.78 is 6.18. The minimum Gasteiger partial charge on any atom is -0.376 e. The molecule has 0 bridgehead atoms. The van der Waals surface area contributed by atoms with Gasteiger partial charge in [0.05, 0.1) is 12.2 Å². The first kappa shape index (κ1) is 21.8. The molecule has 3 aliphatic rings. The van der Waals surface area contributed by atoms with Crippen molar-refractivity contribution in [3.05, 3.63) is 48.3 Å². The van der Waals surface area contributed by atoms with Crippen LogP contribution in [0.15, 0.2) is 42.8 Å². The van der Waals surface area contributed by atoms with Gasteiger partial charge in [-0.25, -0.2) is 0 Å². The highest BCUT2D eigenvalue weighted by Gasteiger charge is 2.54. The fraction of sp³-hybridized carbons (Fsp3) is 0.679. The molecule has 1 heterocycles. The van der Waals surface area contributed by atoms with Crippen molar-refractivity contribution in [1.29, 1.82) is 0 Å². The highest BCUT2D eigenvalue weighted by molar-refractivity contribution is 5.72. The Morgan fingerprint density at radius 1 is 1.17 bits per heavy atom. The van der Waals surface area contributed by atoms with Crippen LogP contribution >= 0.6 is 0 Å². The highest BCUT2D eigenvalue weighted by Crippen LogP contribution is 2.64. The van der Waals surface area contributed by atoms with E-state index in [4.69, 9.17) is 4.74 Å². The van der Waals surface area contributed by atoms with Crippen LogP contribution in [0.25, 0.3) is 5.57 Å². The highest BCUT2D eigenvalue weighted by atomic mass is 16.5. The lowest BCUT2D eigenvalue weighted by atomic mass is 9.50. The topological polar surface area (TPSA) is 22.1 Å². The molecule has 7 atom stereocenters. The number of rotatable bonds is 7. The molecular formula is C28H41NO. The van der Waals surface area contributed by atoms with E-state index in [0.717, 1.165) is 30.6 Å². The van der Waals surface area contributed by atoms with Crippen molar-refractivity contribution < 1.29 is 4.74 Å². The molecule has 0 spiro atoms. The maximum Gasteiger partial charge on any atom is 0.0550 e. The SMILES string of the molecule is CCC(C)OC(C)CCC1(C)C=CCC2C1CCC1(C)C(c3cccnc3)=CCC21. The van der Waals surface area contributed by atoms with Gasteiger partial charge in [0.25, 0.3) is 0 Å². The Balaban J connectivity index is 1.48. The van der Waals surface area contributed by atoms with Gasteiger partial charge in [-0.15, -0.1) is 0 Å². The molecule has 0 aromatic carbocycles. The van der Waals surface area contributed by atoms with Gasteiger partial charge in [-0.05, 0) is 105 Å².